The Morgan fingerprint density at radius 3 is 2.83 bits per heavy atom. The number of aryl methyl sites for hydroxylation is 1. The van der Waals surface area contributed by atoms with Gasteiger partial charge in [-0.25, -0.2) is 4.98 Å². The highest BCUT2D eigenvalue weighted by molar-refractivity contribution is 7.90. The molecule has 3 heterocycles. The lowest BCUT2D eigenvalue weighted by Gasteiger charge is -2.10. The van der Waals surface area contributed by atoms with Gasteiger partial charge in [-0.05, 0) is 65.4 Å². The van der Waals surface area contributed by atoms with E-state index >= 15 is 0 Å². The Morgan fingerprint density at radius 2 is 2.17 bits per heavy atom. The van der Waals surface area contributed by atoms with Crippen molar-refractivity contribution >= 4 is 34.1 Å². The molecule has 2 atom stereocenters. The summed E-state index contributed by atoms with van der Waals surface area (Å²) in [6, 6.07) is 14.2. The predicted molar refractivity (Wildman–Crippen MR) is 118 cm³/mol. The maximum Gasteiger partial charge on any atom is 0.256 e. The zero-order chi connectivity index (χ0) is 21.3. The first-order valence-electron chi connectivity index (χ1n) is 9.14. The van der Waals surface area contributed by atoms with Crippen LogP contribution in [-0.2, 0) is 11.2 Å². The number of rotatable bonds is 5. The molecular weight excluding hydrogens is 416 g/mol. The van der Waals surface area contributed by atoms with Crippen molar-refractivity contribution in [2.24, 2.45) is 0 Å². The molecule has 1 N–H and O–H groups in total. The Morgan fingerprint density at radius 1 is 1.33 bits per heavy atom. The van der Waals surface area contributed by atoms with E-state index in [4.69, 9.17) is 0 Å². The molecule has 0 aliphatic heterocycles. The average Bonchev–Trinajstić information content (AvgIpc) is 3.41. The Hall–Kier alpha value is -3.12. The number of nitrogens with zero attached hydrogens (tertiary/aromatic N) is 3. The summed E-state index contributed by atoms with van der Waals surface area (Å²) in [5, 5.41) is 14.1. The van der Waals surface area contributed by atoms with Gasteiger partial charge in [-0.2, -0.15) is 5.26 Å². The molecule has 0 saturated carbocycles. The zero-order valence-electron chi connectivity index (χ0n) is 16.3. The van der Waals surface area contributed by atoms with E-state index in [1.54, 1.807) is 22.8 Å². The number of pyridine rings is 1. The number of fused-ring (bicyclic) bond motifs is 1. The van der Waals surface area contributed by atoms with Crippen molar-refractivity contribution in [3.63, 3.8) is 0 Å². The van der Waals surface area contributed by atoms with Gasteiger partial charge in [-0.1, -0.05) is 6.07 Å². The number of amides is 1. The fraction of sp³-hybridized carbons (Fsp3) is 0.136. The Bertz CT molecular complexity index is 1260. The van der Waals surface area contributed by atoms with Crippen LogP contribution in [0.2, 0.25) is 0 Å². The fourth-order valence-corrected chi connectivity index (χ4v) is 4.58. The molecule has 0 spiro atoms. The first-order valence-corrected chi connectivity index (χ1v) is 11.6. The minimum absolute atomic E-state index is 0.355. The minimum atomic E-state index is -1.05. The maximum absolute atomic E-state index is 12.9. The molecule has 0 saturated heterocycles. The van der Waals surface area contributed by atoms with Crippen LogP contribution in [0.25, 0.3) is 16.9 Å². The lowest BCUT2D eigenvalue weighted by atomic mass is 10.1. The van der Waals surface area contributed by atoms with E-state index in [0.717, 1.165) is 26.6 Å². The normalized spacial score (nSPS) is 13.0. The molecule has 0 aliphatic rings. The Balaban J connectivity index is 1.69. The van der Waals surface area contributed by atoms with E-state index in [2.05, 4.69) is 16.4 Å². The summed E-state index contributed by atoms with van der Waals surface area (Å²) >= 11 is 0.370. The molecule has 2 unspecified atom stereocenters. The number of hydrogen-bond acceptors (Lipinski definition) is 5. The predicted octanol–water partition coefficient (Wildman–Crippen LogP) is 4.10. The van der Waals surface area contributed by atoms with Crippen LogP contribution >= 0.6 is 11.3 Å². The highest BCUT2D eigenvalue weighted by Gasteiger charge is 2.20. The third-order valence-corrected chi connectivity index (χ3v) is 6.62. The van der Waals surface area contributed by atoms with Gasteiger partial charge >= 0.3 is 0 Å². The van der Waals surface area contributed by atoms with Crippen molar-refractivity contribution in [2.75, 3.05) is 6.26 Å². The number of nitrogens with one attached hydrogen (secondary N) is 1. The van der Waals surface area contributed by atoms with Gasteiger partial charge in [0.25, 0.3) is 5.91 Å². The molecule has 30 heavy (non-hydrogen) atoms. The number of hydrogen-bond donors (Lipinski definition) is 1. The molecule has 0 aliphatic carbocycles. The number of aromatic nitrogens is 2. The Kier molecular flexibility index (Phi) is 5.59. The van der Waals surface area contributed by atoms with Crippen LogP contribution in [0.1, 0.15) is 26.8 Å². The molecule has 1 aromatic carbocycles. The van der Waals surface area contributed by atoms with Gasteiger partial charge < -0.3 is 14.3 Å². The largest absolute Gasteiger partial charge is 0.612 e. The van der Waals surface area contributed by atoms with Crippen LogP contribution in [0.4, 0.5) is 0 Å². The molecule has 0 radical (unpaired) electrons. The van der Waals surface area contributed by atoms with Gasteiger partial charge in [0.05, 0.1) is 17.3 Å². The monoisotopic (exact) mass is 434 g/mol. The topological polar surface area (TPSA) is 93.2 Å². The molecule has 4 rings (SSSR count). The second-order valence-corrected chi connectivity index (χ2v) is 9.12. The molecule has 0 fully saturated rings. The van der Waals surface area contributed by atoms with Gasteiger partial charge in [-0.15, -0.1) is 11.3 Å². The maximum atomic E-state index is 12.9. The van der Waals surface area contributed by atoms with Gasteiger partial charge in [0.1, 0.15) is 11.9 Å². The number of nitriles is 1. The van der Waals surface area contributed by atoms with Crippen molar-refractivity contribution < 1.29 is 9.35 Å². The van der Waals surface area contributed by atoms with Crippen LogP contribution in [-0.4, -0.2) is 26.1 Å². The Labute approximate surface area is 181 Å². The lowest BCUT2D eigenvalue weighted by molar-refractivity contribution is 0.0947. The summed E-state index contributed by atoms with van der Waals surface area (Å²) in [4.78, 5) is 19.1. The number of benzene rings is 1. The number of carbonyl (C=O) groups excluding carboxylic acids is 1. The van der Waals surface area contributed by atoms with E-state index in [1.807, 2.05) is 55.0 Å². The smallest absolute Gasteiger partial charge is 0.256 e. The average molecular weight is 435 g/mol. The molecule has 3 aromatic heterocycles. The van der Waals surface area contributed by atoms with Gasteiger partial charge in [-0.3, -0.25) is 4.79 Å². The lowest BCUT2D eigenvalue weighted by Crippen LogP contribution is -2.27. The van der Waals surface area contributed by atoms with E-state index in [-0.39, 0.29) is 5.91 Å². The standard InChI is InChI=1S/C22H18N4O2S2/c1-14-11-15(30(2)28)7-8-16(14)19-13-26-9-3-5-17(21(26)24-19)22(27)25-18(12-23)20-6-4-10-29-20/h3-11,13,18H,1-2H3,(H,25,27). The van der Waals surface area contributed by atoms with Gasteiger partial charge in [0.15, 0.2) is 10.9 Å². The molecule has 150 valence electrons. The molecule has 4 aromatic rings. The van der Waals surface area contributed by atoms with Crippen LogP contribution in [0.5, 0.6) is 0 Å². The SMILES string of the molecule is Cc1cc([S+](C)[O-])ccc1-c1cn2cccc(C(=O)NC(C#N)c3cccs3)c2n1. The third kappa shape index (κ3) is 3.83. The van der Waals surface area contributed by atoms with Gasteiger partial charge in [0.2, 0.25) is 0 Å². The van der Waals surface area contributed by atoms with Crippen molar-refractivity contribution in [1.29, 1.82) is 5.26 Å². The zero-order valence-corrected chi connectivity index (χ0v) is 18.0. The van der Waals surface area contributed by atoms with Crippen LogP contribution in [0.3, 0.4) is 0 Å². The summed E-state index contributed by atoms with van der Waals surface area (Å²) < 4.78 is 13.5. The molecule has 1 amide bonds. The summed E-state index contributed by atoms with van der Waals surface area (Å²) in [6.45, 7) is 1.95. The quantitative estimate of drug-likeness (QED) is 0.479. The van der Waals surface area contributed by atoms with Crippen LogP contribution < -0.4 is 5.32 Å². The van der Waals surface area contributed by atoms with E-state index in [9.17, 15) is 14.6 Å². The number of thiophene rings is 1. The van der Waals surface area contributed by atoms with Gasteiger partial charge in [0, 0.05) is 22.8 Å². The molecule has 8 heteroatoms. The van der Waals surface area contributed by atoms with Crippen molar-refractivity contribution in [1.82, 2.24) is 14.7 Å². The van der Waals surface area contributed by atoms with E-state index in [0.29, 0.717) is 11.2 Å². The first-order chi connectivity index (χ1) is 14.5. The summed E-state index contributed by atoms with van der Waals surface area (Å²) in [5.41, 5.74) is 3.49. The highest BCUT2D eigenvalue weighted by Crippen LogP contribution is 2.27. The van der Waals surface area contributed by atoms with Crippen molar-refractivity contribution in [3.05, 3.63) is 76.2 Å². The third-order valence-electron chi connectivity index (χ3n) is 4.77. The van der Waals surface area contributed by atoms with Crippen molar-refractivity contribution in [3.8, 4) is 17.3 Å². The fourth-order valence-electron chi connectivity index (χ4n) is 3.25. The summed E-state index contributed by atoms with van der Waals surface area (Å²) in [5.74, 6) is -0.355. The molecule has 0 bridgehead atoms. The number of carbonyl (C=O) groups is 1. The number of imidazole rings is 1. The minimum Gasteiger partial charge on any atom is -0.612 e. The summed E-state index contributed by atoms with van der Waals surface area (Å²) in [7, 11) is 0. The molecular formula is C22H18N4O2S2. The highest BCUT2D eigenvalue weighted by atomic mass is 32.2. The van der Waals surface area contributed by atoms with E-state index in [1.165, 1.54) is 11.3 Å². The first kappa shape index (κ1) is 20.2. The van der Waals surface area contributed by atoms with Crippen molar-refractivity contribution in [2.45, 2.75) is 17.9 Å². The van der Waals surface area contributed by atoms with Crippen LogP contribution in [0, 0.1) is 18.3 Å². The second kappa shape index (κ2) is 8.32. The summed E-state index contributed by atoms with van der Waals surface area (Å²) in [6.07, 6.45) is 5.33. The second-order valence-electron chi connectivity index (χ2n) is 6.76. The molecule has 6 nitrogen and oxygen atoms in total. The van der Waals surface area contributed by atoms with Crippen LogP contribution in [0.15, 0.2) is 65.1 Å². The van der Waals surface area contributed by atoms with E-state index < -0.39 is 17.2 Å².